The average Bonchev–Trinajstić information content (AvgIpc) is 2.55. The lowest BCUT2D eigenvalue weighted by atomic mass is 10.1. The van der Waals surface area contributed by atoms with Crippen LogP contribution in [0.3, 0.4) is 0 Å². The van der Waals surface area contributed by atoms with Crippen LogP contribution in [0.5, 0.6) is 0 Å². The summed E-state index contributed by atoms with van der Waals surface area (Å²) < 4.78 is 27.7. The van der Waals surface area contributed by atoms with Crippen molar-refractivity contribution in [3.63, 3.8) is 0 Å². The number of morpholine rings is 1. The Morgan fingerprint density at radius 1 is 1.17 bits per heavy atom. The molecule has 1 aliphatic rings. The van der Waals surface area contributed by atoms with Crippen molar-refractivity contribution in [2.45, 2.75) is 11.3 Å². The molecule has 0 bridgehead atoms. The summed E-state index contributed by atoms with van der Waals surface area (Å²) in [6.07, 6.45) is 0.746. The normalized spacial score (nSPS) is 15.9. The summed E-state index contributed by atoms with van der Waals surface area (Å²) in [4.78, 5) is 2.46. The van der Waals surface area contributed by atoms with E-state index < -0.39 is 10.0 Å². The van der Waals surface area contributed by atoms with E-state index in [1.807, 2.05) is 0 Å². The number of hydrogen-bond donors (Lipinski definition) is 3. The third-order valence-corrected chi connectivity index (χ3v) is 4.99. The number of rotatable bonds is 7. The minimum absolute atomic E-state index is 0.125. The molecule has 1 fully saturated rings. The fraction of sp³-hybridized carbons (Fsp3) is 0.533. The zero-order chi connectivity index (χ0) is 17.4. The average molecular weight is 373 g/mol. The van der Waals surface area contributed by atoms with Crippen molar-refractivity contribution in [3.8, 4) is 0 Å². The molecule has 1 aromatic carbocycles. The fourth-order valence-electron chi connectivity index (χ4n) is 2.38. The fourth-order valence-corrected chi connectivity index (χ4v) is 3.10. The molecule has 0 saturated carbocycles. The van der Waals surface area contributed by atoms with Crippen molar-refractivity contribution >= 4 is 27.4 Å². The number of ether oxygens (including phenoxy) is 1. The van der Waals surface area contributed by atoms with Crippen molar-refractivity contribution in [3.05, 3.63) is 29.8 Å². The predicted octanol–water partition coefficient (Wildman–Crippen LogP) is -0.327. The molecule has 0 aliphatic carbocycles. The molecule has 1 aromatic rings. The third-order valence-electron chi connectivity index (χ3n) is 3.77. The van der Waals surface area contributed by atoms with E-state index in [0.717, 1.165) is 51.4 Å². The number of thiocarbonyl (C=S) groups is 1. The van der Waals surface area contributed by atoms with E-state index in [4.69, 9.17) is 22.1 Å². The summed E-state index contributed by atoms with van der Waals surface area (Å²) in [5.74, 6) is 0. The number of sulfonamides is 1. The van der Waals surface area contributed by atoms with Gasteiger partial charge in [-0.2, -0.15) is 0 Å². The van der Waals surface area contributed by atoms with Gasteiger partial charge in [0.1, 0.15) is 0 Å². The number of nitrogens with two attached hydrogens (primary N) is 1. The molecule has 24 heavy (non-hydrogen) atoms. The third kappa shape index (κ3) is 6.70. The summed E-state index contributed by atoms with van der Waals surface area (Å²) in [6.45, 7) is 5.96. The van der Waals surface area contributed by atoms with Crippen LogP contribution in [0.15, 0.2) is 29.2 Å². The first-order chi connectivity index (χ1) is 11.4. The second-order valence-corrected chi connectivity index (χ2v) is 7.55. The van der Waals surface area contributed by atoms with Crippen LogP contribution in [0.4, 0.5) is 0 Å². The highest BCUT2D eigenvalue weighted by Gasteiger charge is 2.09. The summed E-state index contributed by atoms with van der Waals surface area (Å²) in [5, 5.41) is 12.0. The minimum Gasteiger partial charge on any atom is -0.379 e. The second kappa shape index (κ2) is 9.28. The Bertz CT molecular complexity index is 629. The highest BCUT2D eigenvalue weighted by molar-refractivity contribution is 7.89. The van der Waals surface area contributed by atoms with E-state index in [1.54, 1.807) is 12.1 Å². The maximum atomic E-state index is 11.2. The van der Waals surface area contributed by atoms with Crippen molar-refractivity contribution in [1.82, 2.24) is 15.5 Å². The lowest BCUT2D eigenvalue weighted by Crippen LogP contribution is -2.43. The first kappa shape index (κ1) is 19.1. The van der Waals surface area contributed by atoms with Crippen LogP contribution in [-0.2, 0) is 21.2 Å². The Hall–Kier alpha value is -1.26. The standard InChI is InChI=1S/C15H24N4O3S2/c16-24(20,21)14-3-1-13(2-4-14)5-6-17-15(23)18-7-8-19-9-11-22-12-10-19/h1-4H,5-12H2,(H2,16,20,21)(H2,17,18,23). The monoisotopic (exact) mass is 372 g/mol. The molecule has 0 radical (unpaired) electrons. The smallest absolute Gasteiger partial charge is 0.238 e. The first-order valence-corrected chi connectivity index (χ1v) is 9.84. The van der Waals surface area contributed by atoms with Crippen LogP contribution in [0.1, 0.15) is 5.56 Å². The van der Waals surface area contributed by atoms with E-state index >= 15 is 0 Å². The van der Waals surface area contributed by atoms with Crippen molar-refractivity contribution in [1.29, 1.82) is 0 Å². The van der Waals surface area contributed by atoms with Gasteiger partial charge in [-0.15, -0.1) is 0 Å². The van der Waals surface area contributed by atoms with Gasteiger partial charge in [-0.1, -0.05) is 12.1 Å². The van der Waals surface area contributed by atoms with Gasteiger partial charge in [-0.3, -0.25) is 4.90 Å². The largest absolute Gasteiger partial charge is 0.379 e. The van der Waals surface area contributed by atoms with Crippen LogP contribution in [-0.4, -0.2) is 64.4 Å². The molecule has 0 atom stereocenters. The first-order valence-electron chi connectivity index (χ1n) is 7.89. The molecule has 134 valence electrons. The van der Waals surface area contributed by atoms with E-state index in [2.05, 4.69) is 15.5 Å². The lowest BCUT2D eigenvalue weighted by molar-refractivity contribution is 0.0389. The van der Waals surface area contributed by atoms with Crippen LogP contribution in [0.25, 0.3) is 0 Å². The lowest BCUT2D eigenvalue weighted by Gasteiger charge is -2.26. The molecule has 0 aromatic heterocycles. The van der Waals surface area contributed by atoms with Gasteiger partial charge in [0.15, 0.2) is 5.11 Å². The molecule has 1 aliphatic heterocycles. The van der Waals surface area contributed by atoms with Crippen LogP contribution >= 0.6 is 12.2 Å². The Labute approximate surface area is 148 Å². The number of hydrogen-bond acceptors (Lipinski definition) is 5. The summed E-state index contributed by atoms with van der Waals surface area (Å²) >= 11 is 5.24. The number of primary sulfonamides is 1. The summed E-state index contributed by atoms with van der Waals surface area (Å²) in [7, 11) is -3.63. The van der Waals surface area contributed by atoms with Gasteiger partial charge >= 0.3 is 0 Å². The van der Waals surface area contributed by atoms with Gasteiger partial charge in [0.2, 0.25) is 10.0 Å². The second-order valence-electron chi connectivity index (χ2n) is 5.58. The highest BCUT2D eigenvalue weighted by atomic mass is 32.2. The molecule has 4 N–H and O–H groups in total. The molecular weight excluding hydrogens is 348 g/mol. The molecule has 7 nitrogen and oxygen atoms in total. The topological polar surface area (TPSA) is 96.7 Å². The molecule has 1 saturated heterocycles. The molecule has 0 amide bonds. The zero-order valence-electron chi connectivity index (χ0n) is 13.5. The summed E-state index contributed by atoms with van der Waals surface area (Å²) in [5.41, 5.74) is 1.02. The maximum Gasteiger partial charge on any atom is 0.238 e. The molecule has 1 heterocycles. The van der Waals surface area contributed by atoms with Gasteiger partial charge in [-0.25, -0.2) is 13.6 Å². The SMILES string of the molecule is NS(=O)(=O)c1ccc(CCNC(=S)NCCN2CCOCC2)cc1. The number of benzene rings is 1. The van der Waals surface area contributed by atoms with E-state index in [-0.39, 0.29) is 4.90 Å². The van der Waals surface area contributed by atoms with Gasteiger partial charge < -0.3 is 15.4 Å². The predicted molar refractivity (Wildman–Crippen MR) is 97.4 cm³/mol. The number of nitrogens with one attached hydrogen (secondary N) is 2. The van der Waals surface area contributed by atoms with Gasteiger partial charge in [-0.05, 0) is 36.3 Å². The Kier molecular flexibility index (Phi) is 7.38. The van der Waals surface area contributed by atoms with Gasteiger partial charge in [0.05, 0.1) is 18.1 Å². The Balaban J connectivity index is 1.61. The summed E-state index contributed by atoms with van der Waals surface area (Å²) in [6, 6.07) is 6.56. The molecular formula is C15H24N4O3S2. The quantitative estimate of drug-likeness (QED) is 0.564. The van der Waals surface area contributed by atoms with Crippen molar-refractivity contribution < 1.29 is 13.2 Å². The molecule has 0 unspecified atom stereocenters. The van der Waals surface area contributed by atoms with Gasteiger partial charge in [0, 0.05) is 32.7 Å². The van der Waals surface area contributed by atoms with Crippen LogP contribution < -0.4 is 15.8 Å². The molecule has 9 heteroatoms. The molecule has 0 spiro atoms. The van der Waals surface area contributed by atoms with Gasteiger partial charge in [0.25, 0.3) is 0 Å². The van der Waals surface area contributed by atoms with E-state index in [0.29, 0.717) is 11.7 Å². The van der Waals surface area contributed by atoms with Crippen molar-refractivity contribution in [2.75, 3.05) is 45.9 Å². The maximum absolute atomic E-state index is 11.2. The van der Waals surface area contributed by atoms with E-state index in [1.165, 1.54) is 12.1 Å². The highest BCUT2D eigenvalue weighted by Crippen LogP contribution is 2.08. The molecule has 2 rings (SSSR count). The van der Waals surface area contributed by atoms with Crippen LogP contribution in [0, 0.1) is 0 Å². The van der Waals surface area contributed by atoms with Crippen LogP contribution in [0.2, 0.25) is 0 Å². The zero-order valence-corrected chi connectivity index (χ0v) is 15.2. The minimum atomic E-state index is -3.63. The number of nitrogens with zero attached hydrogens (tertiary/aromatic N) is 1. The Morgan fingerprint density at radius 2 is 1.79 bits per heavy atom. The van der Waals surface area contributed by atoms with Crippen molar-refractivity contribution in [2.24, 2.45) is 5.14 Å². The van der Waals surface area contributed by atoms with E-state index in [9.17, 15) is 8.42 Å². The Morgan fingerprint density at radius 3 is 2.42 bits per heavy atom.